The molecule has 0 aromatic rings. The fourth-order valence-electron chi connectivity index (χ4n) is 5.11. The molecule has 3 amide bonds. The Morgan fingerprint density at radius 2 is 1.16 bits per heavy atom. The van der Waals surface area contributed by atoms with Gasteiger partial charge in [-0.1, -0.05) is 90.9 Å². The van der Waals surface area contributed by atoms with Gasteiger partial charge in [-0.05, 0) is 19.3 Å². The third-order valence-electron chi connectivity index (χ3n) is 7.65. The number of nitrogens with one attached hydrogen (secondary N) is 2. The lowest BCUT2D eigenvalue weighted by molar-refractivity contribution is -0.915. The van der Waals surface area contributed by atoms with Crippen LogP contribution in [0.2, 0.25) is 0 Å². The van der Waals surface area contributed by atoms with Gasteiger partial charge < -0.3 is 15.1 Å². The second-order valence-electron chi connectivity index (χ2n) is 11.4. The number of hydrogen-bond acceptors (Lipinski definition) is 3. The van der Waals surface area contributed by atoms with E-state index < -0.39 is 0 Å². The molecule has 0 aromatic heterocycles. The maximum absolute atomic E-state index is 12.3. The Labute approximate surface area is 228 Å². The normalized spacial score (nSPS) is 13.8. The summed E-state index contributed by atoms with van der Waals surface area (Å²) < 4.78 is 0.640. The van der Waals surface area contributed by atoms with Crippen LogP contribution >= 0.6 is 0 Å². The Bertz CT molecular complexity index is 590. The molecule has 1 aliphatic heterocycles. The summed E-state index contributed by atoms with van der Waals surface area (Å²) in [6, 6.07) is 0. The second-order valence-corrected chi connectivity index (χ2v) is 11.4. The zero-order chi connectivity index (χ0) is 27.2. The highest BCUT2D eigenvalue weighted by molar-refractivity contribution is 5.78. The second kappa shape index (κ2) is 21.3. The van der Waals surface area contributed by atoms with E-state index in [9.17, 15) is 14.4 Å². The van der Waals surface area contributed by atoms with Crippen LogP contribution in [0.5, 0.6) is 0 Å². The first-order chi connectivity index (χ1) is 17.9. The number of quaternary nitrogens is 1. The van der Waals surface area contributed by atoms with Gasteiger partial charge in [0, 0.05) is 25.8 Å². The standard InChI is InChI=1S/C30H58N4O3/c1-4-6-8-10-12-14-16-19-28(35)31-22-25-34(3,27-33-24-18-21-30(33)37)26-23-32-29(36)20-17-15-13-11-9-7-5-2/h4-27H2,1-3H3,(H-,31,32,35,36)/p+1. The molecule has 0 spiro atoms. The Hall–Kier alpha value is -1.63. The van der Waals surface area contributed by atoms with Gasteiger partial charge in [-0.25, -0.2) is 0 Å². The lowest BCUT2D eigenvalue weighted by atomic mass is 10.1. The molecule has 0 aromatic carbocycles. The highest BCUT2D eigenvalue weighted by Crippen LogP contribution is 2.14. The molecule has 0 unspecified atom stereocenters. The van der Waals surface area contributed by atoms with Crippen LogP contribution in [-0.2, 0) is 14.4 Å². The molecule has 0 aliphatic carbocycles. The smallest absolute Gasteiger partial charge is 0.226 e. The minimum atomic E-state index is 0.125. The molecular formula is C30H59N4O3+. The Kier molecular flexibility index (Phi) is 19.2. The van der Waals surface area contributed by atoms with Gasteiger partial charge in [-0.3, -0.25) is 19.3 Å². The third kappa shape index (κ3) is 17.5. The first kappa shape index (κ1) is 33.4. The first-order valence-corrected chi connectivity index (χ1v) is 15.5. The molecular weight excluding hydrogens is 464 g/mol. The minimum Gasteiger partial charge on any atom is -0.350 e. The van der Waals surface area contributed by atoms with Crippen molar-refractivity contribution in [3.63, 3.8) is 0 Å². The summed E-state index contributed by atoms with van der Waals surface area (Å²) in [5, 5.41) is 6.18. The number of carbonyl (C=O) groups is 3. The fraction of sp³-hybridized carbons (Fsp3) is 0.900. The first-order valence-electron chi connectivity index (χ1n) is 15.5. The van der Waals surface area contributed by atoms with Crippen molar-refractivity contribution < 1.29 is 18.9 Å². The van der Waals surface area contributed by atoms with E-state index in [1.807, 2.05) is 4.90 Å². The van der Waals surface area contributed by atoms with Crippen molar-refractivity contribution in [2.45, 2.75) is 129 Å². The topological polar surface area (TPSA) is 78.5 Å². The molecule has 2 N–H and O–H groups in total. The van der Waals surface area contributed by atoms with Crippen LogP contribution in [0, 0.1) is 0 Å². The number of carbonyl (C=O) groups excluding carboxylic acids is 3. The molecule has 0 saturated carbocycles. The van der Waals surface area contributed by atoms with Gasteiger partial charge in [0.05, 0.1) is 33.2 Å². The van der Waals surface area contributed by atoms with Gasteiger partial charge in [-0.2, -0.15) is 0 Å². The van der Waals surface area contributed by atoms with Crippen molar-refractivity contribution >= 4 is 17.7 Å². The summed E-state index contributed by atoms with van der Waals surface area (Å²) in [6.45, 7) is 8.60. The predicted octanol–water partition coefficient (Wildman–Crippen LogP) is 5.53. The van der Waals surface area contributed by atoms with Crippen molar-refractivity contribution in [2.24, 2.45) is 0 Å². The highest BCUT2D eigenvalue weighted by Gasteiger charge is 2.30. The monoisotopic (exact) mass is 523 g/mol. The number of hydrogen-bond donors (Lipinski definition) is 2. The average Bonchev–Trinajstić information content (AvgIpc) is 3.26. The van der Waals surface area contributed by atoms with Gasteiger partial charge in [0.2, 0.25) is 17.7 Å². The van der Waals surface area contributed by atoms with E-state index in [1.54, 1.807) is 0 Å². The maximum atomic E-state index is 12.3. The molecule has 1 rings (SSSR count). The SMILES string of the molecule is CCCCCCCCCC(=O)NCC[N+](C)(CCNC(=O)CCCCCCCCC)CN1CCCC1=O. The number of likely N-dealkylation sites (tertiary alicyclic amines) is 1. The number of unbranched alkanes of at least 4 members (excludes halogenated alkanes) is 12. The van der Waals surface area contributed by atoms with Gasteiger partial charge in [0.15, 0.2) is 6.67 Å². The van der Waals surface area contributed by atoms with Crippen molar-refractivity contribution in [2.75, 3.05) is 46.4 Å². The number of nitrogens with zero attached hydrogens (tertiary/aromatic N) is 2. The van der Waals surface area contributed by atoms with E-state index in [4.69, 9.17) is 0 Å². The van der Waals surface area contributed by atoms with E-state index in [0.29, 0.717) is 43.5 Å². The average molecular weight is 524 g/mol. The van der Waals surface area contributed by atoms with Crippen molar-refractivity contribution in [1.29, 1.82) is 0 Å². The predicted molar refractivity (Wildman–Crippen MR) is 153 cm³/mol. The van der Waals surface area contributed by atoms with Crippen LogP contribution in [0.15, 0.2) is 0 Å². The highest BCUT2D eigenvalue weighted by atomic mass is 16.2. The van der Waals surface area contributed by atoms with Crippen LogP contribution in [0.3, 0.4) is 0 Å². The van der Waals surface area contributed by atoms with Crippen molar-refractivity contribution in [3.05, 3.63) is 0 Å². The van der Waals surface area contributed by atoms with Gasteiger partial charge in [-0.15, -0.1) is 0 Å². The van der Waals surface area contributed by atoms with Gasteiger partial charge >= 0.3 is 0 Å². The van der Waals surface area contributed by atoms with Crippen LogP contribution in [0.4, 0.5) is 0 Å². The molecule has 0 bridgehead atoms. The van der Waals surface area contributed by atoms with E-state index in [2.05, 4.69) is 31.5 Å². The van der Waals surface area contributed by atoms with Crippen LogP contribution in [0.1, 0.15) is 129 Å². The Morgan fingerprint density at radius 3 is 1.57 bits per heavy atom. The summed E-state index contributed by atoms with van der Waals surface area (Å²) >= 11 is 0. The van der Waals surface area contributed by atoms with Crippen LogP contribution in [0.25, 0.3) is 0 Å². The number of likely N-dealkylation sites (N-methyl/N-ethyl adjacent to an activating group) is 1. The third-order valence-corrected chi connectivity index (χ3v) is 7.65. The van der Waals surface area contributed by atoms with E-state index in [1.165, 1.54) is 64.2 Å². The number of rotatable bonds is 24. The van der Waals surface area contributed by atoms with Crippen molar-refractivity contribution in [3.8, 4) is 0 Å². The summed E-state index contributed by atoms with van der Waals surface area (Å²) in [5.74, 6) is 0.469. The zero-order valence-electron chi connectivity index (χ0n) is 24.6. The fourth-order valence-corrected chi connectivity index (χ4v) is 5.11. The van der Waals surface area contributed by atoms with Crippen molar-refractivity contribution in [1.82, 2.24) is 15.5 Å². The Morgan fingerprint density at radius 1 is 0.730 bits per heavy atom. The molecule has 0 radical (unpaired) electrons. The zero-order valence-corrected chi connectivity index (χ0v) is 24.6. The minimum absolute atomic E-state index is 0.125. The van der Waals surface area contributed by atoms with Crippen LogP contribution in [-0.4, -0.2) is 73.5 Å². The van der Waals surface area contributed by atoms with Gasteiger partial charge in [0.1, 0.15) is 0 Å². The summed E-state index contributed by atoms with van der Waals surface area (Å²) in [4.78, 5) is 38.8. The molecule has 7 heteroatoms. The summed E-state index contributed by atoms with van der Waals surface area (Å²) in [5.41, 5.74) is 0. The summed E-state index contributed by atoms with van der Waals surface area (Å²) in [6.07, 6.45) is 19.6. The molecule has 37 heavy (non-hydrogen) atoms. The molecule has 1 heterocycles. The molecule has 1 fully saturated rings. The number of amides is 3. The molecule has 0 atom stereocenters. The maximum Gasteiger partial charge on any atom is 0.226 e. The van der Waals surface area contributed by atoms with E-state index in [-0.39, 0.29) is 17.7 Å². The molecule has 1 saturated heterocycles. The Balaban J connectivity index is 2.32. The summed E-state index contributed by atoms with van der Waals surface area (Å²) in [7, 11) is 2.14. The molecule has 1 aliphatic rings. The van der Waals surface area contributed by atoms with Crippen LogP contribution < -0.4 is 10.6 Å². The lowest BCUT2D eigenvalue weighted by Crippen LogP contribution is -2.57. The van der Waals surface area contributed by atoms with E-state index >= 15 is 0 Å². The largest absolute Gasteiger partial charge is 0.350 e. The lowest BCUT2D eigenvalue weighted by Gasteiger charge is -2.37. The molecule has 7 nitrogen and oxygen atoms in total. The van der Waals surface area contributed by atoms with E-state index in [0.717, 1.165) is 51.7 Å². The quantitative estimate of drug-likeness (QED) is 0.129. The van der Waals surface area contributed by atoms with Gasteiger partial charge in [0.25, 0.3) is 0 Å². The molecule has 216 valence electrons.